The third-order valence-corrected chi connectivity index (χ3v) is 10.6. The van der Waals surface area contributed by atoms with E-state index in [0.29, 0.717) is 0 Å². The Morgan fingerprint density at radius 2 is 0.800 bits per heavy atom. The number of fused-ring (bicyclic) bond motifs is 4. The van der Waals surface area contributed by atoms with Crippen LogP contribution in [0.15, 0.2) is 131 Å². The Hall–Kier alpha value is -4.89. The van der Waals surface area contributed by atoms with Crippen LogP contribution in [0.4, 0.5) is 11.4 Å². The number of rotatable bonds is 4. The monoisotopic (exact) mass is 633 g/mol. The second-order valence-electron chi connectivity index (χ2n) is 11.0. The van der Waals surface area contributed by atoms with Crippen LogP contribution in [0, 0.1) is 0 Å². The molecule has 0 fully saturated rings. The average Bonchev–Trinajstić information content (AvgIpc) is 3.79. The van der Waals surface area contributed by atoms with Crippen LogP contribution in [-0.4, -0.2) is 24.5 Å². The number of hydrogen-bond donors (Lipinski definition) is 0. The van der Waals surface area contributed by atoms with Gasteiger partial charge < -0.3 is 4.90 Å². The van der Waals surface area contributed by atoms with Crippen molar-refractivity contribution in [1.29, 1.82) is 0 Å². The van der Waals surface area contributed by atoms with Crippen molar-refractivity contribution < 1.29 is 0 Å². The second-order valence-corrected chi connectivity index (χ2v) is 13.1. The van der Waals surface area contributed by atoms with Gasteiger partial charge in [0.15, 0.2) is 0 Å². The molecule has 8 aromatic rings. The summed E-state index contributed by atoms with van der Waals surface area (Å²) in [6, 6.07) is 42.9. The zero-order chi connectivity index (χ0) is 29.9. The molecule has 214 valence electrons. The van der Waals surface area contributed by atoms with Crippen LogP contribution in [0.1, 0.15) is 0 Å². The Morgan fingerprint density at radius 1 is 0.422 bits per heavy atom. The zero-order valence-electron chi connectivity index (χ0n) is 24.0. The lowest BCUT2D eigenvalue weighted by molar-refractivity contribution is 1.11. The minimum atomic E-state index is 0.943. The molecule has 8 heteroatoms. The smallest absolute Gasteiger partial charge is 0.113 e. The van der Waals surface area contributed by atoms with Gasteiger partial charge in [0.1, 0.15) is 22.1 Å². The molecule has 0 unspecified atom stereocenters. The Balaban J connectivity index is 1.10. The van der Waals surface area contributed by atoms with Gasteiger partial charge in [-0.3, -0.25) is 0 Å². The van der Waals surface area contributed by atoms with Crippen LogP contribution in [-0.2, 0) is 0 Å². The van der Waals surface area contributed by atoms with Gasteiger partial charge in [-0.1, -0.05) is 109 Å². The van der Waals surface area contributed by atoms with Crippen molar-refractivity contribution in [2.45, 2.75) is 9.79 Å². The quantitative estimate of drug-likeness (QED) is 0.192. The molecule has 1 aliphatic rings. The Kier molecular flexibility index (Phi) is 6.26. The molecule has 9 rings (SSSR count). The molecule has 0 atom stereocenters. The average molecular weight is 634 g/mol. The lowest BCUT2D eigenvalue weighted by Crippen LogP contribution is -2.14. The van der Waals surface area contributed by atoms with Gasteiger partial charge in [0.25, 0.3) is 0 Å². The topological polar surface area (TPSA) is 54.8 Å². The molecule has 3 heterocycles. The molecule has 6 aromatic carbocycles. The highest BCUT2D eigenvalue weighted by Crippen LogP contribution is 2.50. The molecule has 0 radical (unpaired) electrons. The third-order valence-electron chi connectivity index (χ3n) is 8.48. The Bertz CT molecular complexity index is 2210. The molecular weight excluding hydrogens is 611 g/mol. The predicted molar refractivity (Wildman–Crippen MR) is 189 cm³/mol. The lowest BCUT2D eigenvalue weighted by atomic mass is 9.97. The first-order valence-electron chi connectivity index (χ1n) is 14.5. The van der Waals surface area contributed by atoms with Crippen molar-refractivity contribution in [3.05, 3.63) is 121 Å². The molecule has 0 aliphatic carbocycles. The van der Waals surface area contributed by atoms with Crippen molar-refractivity contribution in [3.63, 3.8) is 0 Å². The van der Waals surface area contributed by atoms with Crippen LogP contribution in [0.5, 0.6) is 0 Å². The van der Waals surface area contributed by atoms with Gasteiger partial charge in [0, 0.05) is 39.1 Å². The van der Waals surface area contributed by atoms with Crippen LogP contribution >= 0.6 is 35.2 Å². The molecule has 1 aliphatic heterocycles. The van der Waals surface area contributed by atoms with Crippen LogP contribution < -0.4 is 4.90 Å². The van der Waals surface area contributed by atoms with E-state index in [1.54, 1.807) is 0 Å². The SMILES string of the molecule is CN1c2ccc(-c3ccc(-c4ccccc4)c4nsnc34)cc2Sc2cc(-c3ccc(-c4ccccc4)c4nsnc34)ccc21. The summed E-state index contributed by atoms with van der Waals surface area (Å²) in [5.41, 5.74) is 15.1. The van der Waals surface area contributed by atoms with E-state index in [2.05, 4.69) is 121 Å². The summed E-state index contributed by atoms with van der Waals surface area (Å²) in [4.78, 5) is 4.71. The molecule has 0 spiro atoms. The molecule has 2 aromatic heterocycles. The fraction of sp³-hybridized carbons (Fsp3) is 0.0270. The first-order valence-corrected chi connectivity index (χ1v) is 16.8. The number of anilines is 2. The van der Waals surface area contributed by atoms with Crippen LogP contribution in [0.2, 0.25) is 0 Å². The minimum Gasteiger partial charge on any atom is -0.343 e. The molecular formula is C37H23N5S3. The lowest BCUT2D eigenvalue weighted by Gasteiger charge is -2.30. The van der Waals surface area contributed by atoms with Crippen molar-refractivity contribution in [2.75, 3.05) is 11.9 Å². The number of benzene rings is 6. The summed E-state index contributed by atoms with van der Waals surface area (Å²) in [6.45, 7) is 0. The fourth-order valence-electron chi connectivity index (χ4n) is 6.23. The first-order chi connectivity index (χ1) is 22.2. The van der Waals surface area contributed by atoms with Crippen molar-refractivity contribution in [2.24, 2.45) is 0 Å². The van der Waals surface area contributed by atoms with E-state index in [-0.39, 0.29) is 0 Å². The van der Waals surface area contributed by atoms with Crippen LogP contribution in [0.25, 0.3) is 66.6 Å². The summed E-state index contributed by atoms with van der Waals surface area (Å²) in [5.74, 6) is 0. The van der Waals surface area contributed by atoms with Gasteiger partial charge in [-0.2, -0.15) is 17.5 Å². The highest BCUT2D eigenvalue weighted by molar-refractivity contribution is 7.99. The van der Waals surface area contributed by atoms with Gasteiger partial charge >= 0.3 is 0 Å². The van der Waals surface area contributed by atoms with Crippen molar-refractivity contribution >= 4 is 68.7 Å². The van der Waals surface area contributed by atoms with Crippen molar-refractivity contribution in [1.82, 2.24) is 17.5 Å². The second kappa shape index (κ2) is 10.6. The molecule has 5 nitrogen and oxygen atoms in total. The standard InChI is InChI=1S/C37H23N5S3/c1-42-30-18-12-24(28-16-14-26(22-8-4-2-5-9-22)34-36(28)40-44-38-34)20-32(30)43-33-21-25(13-19-31(33)42)29-17-15-27(23-10-6-3-7-11-23)35-37(29)41-45-39-35/h2-21H,1H3. The van der Waals surface area contributed by atoms with Gasteiger partial charge in [-0.05, 0) is 46.5 Å². The van der Waals surface area contributed by atoms with E-state index >= 15 is 0 Å². The molecule has 0 saturated heterocycles. The number of nitrogens with zero attached hydrogens (tertiary/aromatic N) is 5. The summed E-state index contributed by atoms with van der Waals surface area (Å²) < 4.78 is 18.9. The minimum absolute atomic E-state index is 0.943. The van der Waals surface area contributed by atoms with Crippen LogP contribution in [0.3, 0.4) is 0 Å². The van der Waals surface area contributed by atoms with Gasteiger partial charge in [-0.25, -0.2) is 0 Å². The highest BCUT2D eigenvalue weighted by atomic mass is 32.2. The van der Waals surface area contributed by atoms with E-state index in [9.17, 15) is 0 Å². The maximum atomic E-state index is 4.74. The van der Waals surface area contributed by atoms with E-state index in [4.69, 9.17) is 17.5 Å². The molecule has 45 heavy (non-hydrogen) atoms. The van der Waals surface area contributed by atoms with E-state index in [0.717, 1.165) is 66.6 Å². The summed E-state index contributed by atoms with van der Waals surface area (Å²) >= 11 is 4.35. The highest BCUT2D eigenvalue weighted by Gasteiger charge is 2.24. The molecule has 0 amide bonds. The van der Waals surface area contributed by atoms with Gasteiger partial charge in [-0.15, -0.1) is 0 Å². The summed E-state index contributed by atoms with van der Waals surface area (Å²) in [7, 11) is 2.14. The maximum Gasteiger partial charge on any atom is 0.113 e. The Labute approximate surface area is 272 Å². The number of hydrogen-bond acceptors (Lipinski definition) is 8. The third kappa shape index (κ3) is 4.36. The Morgan fingerprint density at radius 3 is 1.20 bits per heavy atom. The van der Waals surface area contributed by atoms with E-state index < -0.39 is 0 Å². The molecule has 0 N–H and O–H groups in total. The molecule has 0 saturated carbocycles. The molecule has 0 bridgehead atoms. The van der Waals surface area contributed by atoms with E-state index in [1.165, 1.54) is 44.6 Å². The first kappa shape index (κ1) is 26.5. The van der Waals surface area contributed by atoms with Gasteiger partial charge in [0.2, 0.25) is 0 Å². The van der Waals surface area contributed by atoms with Gasteiger partial charge in [0.05, 0.1) is 34.8 Å². The zero-order valence-corrected chi connectivity index (χ0v) is 26.5. The van der Waals surface area contributed by atoms with Crippen molar-refractivity contribution in [3.8, 4) is 44.5 Å². The summed E-state index contributed by atoms with van der Waals surface area (Å²) in [5, 5.41) is 0. The fourth-order valence-corrected chi connectivity index (χ4v) is 8.60. The summed E-state index contributed by atoms with van der Waals surface area (Å²) in [6.07, 6.45) is 0. The van der Waals surface area contributed by atoms with E-state index in [1.807, 2.05) is 23.9 Å². The predicted octanol–water partition coefficient (Wildman–Crippen LogP) is 10.6. The maximum absolute atomic E-state index is 4.74. The normalized spacial score (nSPS) is 12.4. The number of aromatic nitrogens is 4. The largest absolute Gasteiger partial charge is 0.343 e.